The van der Waals surface area contributed by atoms with Gasteiger partial charge in [0.1, 0.15) is 4.34 Å². The van der Waals surface area contributed by atoms with E-state index >= 15 is 0 Å². The van der Waals surface area contributed by atoms with Crippen LogP contribution in [0, 0.1) is 0 Å². The molecule has 0 aliphatic heterocycles. The fraction of sp³-hybridized carbons (Fsp3) is 0.476. The summed E-state index contributed by atoms with van der Waals surface area (Å²) in [5.41, 5.74) is 0.722. The van der Waals surface area contributed by atoms with E-state index in [0.29, 0.717) is 18.4 Å². The minimum Gasteiger partial charge on any atom is -0.481 e. The lowest BCUT2D eigenvalue weighted by atomic mass is 10.1. The fourth-order valence-corrected chi connectivity index (χ4v) is 6.42. The van der Waals surface area contributed by atoms with Crippen molar-refractivity contribution in [3.63, 3.8) is 0 Å². The number of carboxylic acids is 1. The third kappa shape index (κ3) is 5.31. The Bertz CT molecular complexity index is 1110. The van der Waals surface area contributed by atoms with Crippen LogP contribution in [0.15, 0.2) is 29.2 Å². The molecule has 2 N–H and O–H groups in total. The minimum atomic E-state index is -3.32. The van der Waals surface area contributed by atoms with E-state index in [1.807, 2.05) is 0 Å². The molecule has 2 aliphatic carbocycles. The van der Waals surface area contributed by atoms with E-state index in [1.54, 1.807) is 12.1 Å². The fourth-order valence-electron chi connectivity index (χ4n) is 3.72. The summed E-state index contributed by atoms with van der Waals surface area (Å²) in [6, 6.07) is 6.26. The number of carbonyl (C=O) groups excluding carboxylic acids is 1. The van der Waals surface area contributed by atoms with Crippen molar-refractivity contribution in [2.45, 2.75) is 67.3 Å². The van der Waals surface area contributed by atoms with E-state index in [1.165, 1.54) is 12.1 Å². The first kappa shape index (κ1) is 23.2. The molecule has 0 bridgehead atoms. The highest BCUT2D eigenvalue weighted by Gasteiger charge is 2.37. The number of rotatable bonds is 9. The summed E-state index contributed by atoms with van der Waals surface area (Å²) < 4.78 is 31.2. The number of aromatic nitrogens is 1. The zero-order valence-electron chi connectivity index (χ0n) is 17.1. The van der Waals surface area contributed by atoms with Gasteiger partial charge < -0.3 is 9.84 Å². The normalized spacial score (nSPS) is 17.9. The number of carboxylic acid groups (broad SMARTS) is 1. The van der Waals surface area contributed by atoms with Crippen molar-refractivity contribution in [3.8, 4) is 0 Å². The van der Waals surface area contributed by atoms with Crippen LogP contribution in [0.25, 0.3) is 0 Å². The molecule has 8 nitrogen and oxygen atoms in total. The van der Waals surface area contributed by atoms with Crippen LogP contribution in [0.3, 0.4) is 0 Å². The first-order valence-corrected chi connectivity index (χ1v) is 13.2. The highest BCUT2D eigenvalue weighted by Crippen LogP contribution is 2.35. The van der Waals surface area contributed by atoms with Crippen LogP contribution in [0.1, 0.15) is 55.9 Å². The highest BCUT2D eigenvalue weighted by molar-refractivity contribution is 7.92. The Morgan fingerprint density at radius 2 is 1.84 bits per heavy atom. The monoisotopic (exact) mass is 498 g/mol. The van der Waals surface area contributed by atoms with Crippen molar-refractivity contribution in [1.82, 2.24) is 4.98 Å². The van der Waals surface area contributed by atoms with Gasteiger partial charge in [0, 0.05) is 0 Å². The molecule has 0 spiro atoms. The van der Waals surface area contributed by atoms with Crippen LogP contribution >= 0.6 is 22.9 Å². The van der Waals surface area contributed by atoms with Gasteiger partial charge in [-0.15, -0.1) is 0 Å². The molecule has 1 aromatic carbocycles. The maximum absolute atomic E-state index is 13.1. The Labute approximate surface area is 194 Å². The summed E-state index contributed by atoms with van der Waals surface area (Å²) in [5, 5.41) is 11.5. The second kappa shape index (κ2) is 9.46. The van der Waals surface area contributed by atoms with Gasteiger partial charge in [0.05, 0.1) is 28.4 Å². The molecule has 2 aromatic rings. The first-order chi connectivity index (χ1) is 15.2. The molecule has 172 valence electrons. The standard InChI is InChI=1S/C21H23ClN2O6S2/c22-19-16(11-17(25)26)23-21(31-19)24-20(27)18(30-13-3-1-2-4-13)12-5-7-14(8-6-12)32(28,29)15-9-10-15/h5-8,13,15,18H,1-4,9-11H2,(H,25,26)(H,23,24,27). The summed E-state index contributed by atoms with van der Waals surface area (Å²) in [7, 11) is -3.32. The number of benzene rings is 1. The number of amides is 1. The number of nitrogens with one attached hydrogen (secondary N) is 1. The second-order valence-electron chi connectivity index (χ2n) is 8.04. The molecule has 11 heteroatoms. The van der Waals surface area contributed by atoms with Crippen molar-refractivity contribution in [2.75, 3.05) is 5.32 Å². The SMILES string of the molecule is O=C(O)Cc1nc(NC(=O)C(OC2CCCC2)c2ccc(S(=O)(=O)C3CC3)cc2)sc1Cl. The van der Waals surface area contributed by atoms with Gasteiger partial charge in [-0.25, -0.2) is 13.4 Å². The number of sulfone groups is 1. The van der Waals surface area contributed by atoms with Gasteiger partial charge in [-0.2, -0.15) is 0 Å². The van der Waals surface area contributed by atoms with Gasteiger partial charge in [0.2, 0.25) is 0 Å². The van der Waals surface area contributed by atoms with E-state index in [-0.39, 0.29) is 37.8 Å². The minimum absolute atomic E-state index is 0.0666. The van der Waals surface area contributed by atoms with Gasteiger partial charge in [-0.3, -0.25) is 14.9 Å². The Kier molecular flexibility index (Phi) is 6.85. The second-order valence-corrected chi connectivity index (χ2v) is 11.9. The van der Waals surface area contributed by atoms with Crippen molar-refractivity contribution >= 4 is 49.8 Å². The number of hydrogen-bond acceptors (Lipinski definition) is 7. The molecule has 32 heavy (non-hydrogen) atoms. The summed E-state index contributed by atoms with van der Waals surface area (Å²) in [6.07, 6.45) is 3.75. The number of nitrogens with zero attached hydrogens (tertiary/aromatic N) is 1. The third-order valence-electron chi connectivity index (χ3n) is 5.54. The summed E-state index contributed by atoms with van der Waals surface area (Å²) in [4.78, 5) is 28.4. The first-order valence-electron chi connectivity index (χ1n) is 10.4. The van der Waals surface area contributed by atoms with E-state index in [2.05, 4.69) is 10.3 Å². The molecule has 1 heterocycles. The van der Waals surface area contributed by atoms with Crippen LogP contribution in [0.2, 0.25) is 4.34 Å². The van der Waals surface area contributed by atoms with E-state index < -0.39 is 27.8 Å². The van der Waals surface area contributed by atoms with Gasteiger partial charge >= 0.3 is 5.97 Å². The topological polar surface area (TPSA) is 123 Å². The van der Waals surface area contributed by atoms with Crippen molar-refractivity contribution in [3.05, 3.63) is 39.9 Å². The highest BCUT2D eigenvalue weighted by atomic mass is 35.5. The van der Waals surface area contributed by atoms with Crippen molar-refractivity contribution in [1.29, 1.82) is 0 Å². The molecule has 2 fully saturated rings. The van der Waals surface area contributed by atoms with Gasteiger partial charge in [0.15, 0.2) is 21.1 Å². The summed E-state index contributed by atoms with van der Waals surface area (Å²) in [5.74, 6) is -1.54. The van der Waals surface area contributed by atoms with Gasteiger partial charge in [-0.05, 0) is 43.4 Å². The van der Waals surface area contributed by atoms with Crippen LogP contribution < -0.4 is 5.32 Å². The average Bonchev–Trinajstić information content (AvgIpc) is 3.39. The lowest BCUT2D eigenvalue weighted by Gasteiger charge is -2.21. The van der Waals surface area contributed by atoms with Crippen LogP contribution in [-0.4, -0.2) is 41.7 Å². The van der Waals surface area contributed by atoms with E-state index in [0.717, 1.165) is 37.0 Å². The largest absolute Gasteiger partial charge is 0.481 e. The van der Waals surface area contributed by atoms with Crippen LogP contribution in [0.4, 0.5) is 5.13 Å². The zero-order valence-corrected chi connectivity index (χ0v) is 19.5. The number of hydrogen-bond donors (Lipinski definition) is 2. The molecule has 1 amide bonds. The maximum Gasteiger partial charge on any atom is 0.309 e. The van der Waals surface area contributed by atoms with E-state index in [4.69, 9.17) is 21.4 Å². The van der Waals surface area contributed by atoms with Crippen molar-refractivity contribution in [2.24, 2.45) is 0 Å². The molecule has 0 saturated heterocycles. The Balaban J connectivity index is 1.54. The average molecular weight is 499 g/mol. The summed E-state index contributed by atoms with van der Waals surface area (Å²) >= 11 is 7.03. The lowest BCUT2D eigenvalue weighted by molar-refractivity contribution is -0.136. The van der Waals surface area contributed by atoms with Crippen LogP contribution in [-0.2, 0) is 30.6 Å². The maximum atomic E-state index is 13.1. The molecule has 1 unspecified atom stereocenters. The number of ether oxygens (including phenoxy) is 1. The van der Waals surface area contributed by atoms with Gasteiger partial charge in [0.25, 0.3) is 5.91 Å². The lowest BCUT2D eigenvalue weighted by Crippen LogP contribution is -2.27. The summed E-state index contributed by atoms with van der Waals surface area (Å²) in [6.45, 7) is 0. The number of aliphatic carboxylic acids is 1. The number of thiazole rings is 1. The number of halogens is 1. The quantitative estimate of drug-likeness (QED) is 0.535. The van der Waals surface area contributed by atoms with Crippen LogP contribution in [0.5, 0.6) is 0 Å². The molecular weight excluding hydrogens is 476 g/mol. The molecule has 1 aromatic heterocycles. The molecule has 2 saturated carbocycles. The van der Waals surface area contributed by atoms with Gasteiger partial charge in [-0.1, -0.05) is 47.9 Å². The Morgan fingerprint density at radius 3 is 2.44 bits per heavy atom. The smallest absolute Gasteiger partial charge is 0.309 e. The Hall–Kier alpha value is -2.01. The molecule has 4 rings (SSSR count). The number of carbonyl (C=O) groups is 2. The predicted octanol–water partition coefficient (Wildman–Crippen LogP) is 4.00. The molecule has 2 aliphatic rings. The third-order valence-corrected chi connectivity index (χ3v) is 9.07. The predicted molar refractivity (Wildman–Crippen MR) is 120 cm³/mol. The Morgan fingerprint density at radius 1 is 1.19 bits per heavy atom. The molecule has 0 radical (unpaired) electrons. The zero-order chi connectivity index (χ0) is 22.9. The molecular formula is C21H23ClN2O6S2. The van der Waals surface area contributed by atoms with Crippen molar-refractivity contribution < 1.29 is 27.9 Å². The number of anilines is 1. The van der Waals surface area contributed by atoms with E-state index in [9.17, 15) is 18.0 Å². The molecule has 1 atom stereocenters.